The number of carbonyl (C=O) groups is 1. The standard InChI is InChI=1S/C15H14ClNO2/c1-10(18)11-6-8-12(9-7-11)17-15(19)13-4-2-3-5-14(13)16/h2-10,18H,1H3,(H,17,19)/t10-/m0/s1. The number of aliphatic hydroxyl groups excluding tert-OH is 1. The summed E-state index contributed by atoms with van der Waals surface area (Å²) >= 11 is 5.96. The highest BCUT2D eigenvalue weighted by molar-refractivity contribution is 6.34. The van der Waals surface area contributed by atoms with Crippen molar-refractivity contribution in [2.45, 2.75) is 13.0 Å². The maximum atomic E-state index is 12.0. The number of amides is 1. The maximum Gasteiger partial charge on any atom is 0.257 e. The van der Waals surface area contributed by atoms with Gasteiger partial charge in [0.15, 0.2) is 0 Å². The van der Waals surface area contributed by atoms with E-state index < -0.39 is 6.10 Å². The van der Waals surface area contributed by atoms with Crippen molar-refractivity contribution in [2.24, 2.45) is 0 Å². The van der Waals surface area contributed by atoms with Gasteiger partial charge in [0.05, 0.1) is 16.7 Å². The van der Waals surface area contributed by atoms with Crippen LogP contribution >= 0.6 is 11.6 Å². The van der Waals surface area contributed by atoms with Gasteiger partial charge in [-0.05, 0) is 36.8 Å². The van der Waals surface area contributed by atoms with Gasteiger partial charge >= 0.3 is 0 Å². The lowest BCUT2D eigenvalue weighted by molar-refractivity contribution is 0.102. The lowest BCUT2D eigenvalue weighted by Crippen LogP contribution is -2.12. The Morgan fingerprint density at radius 1 is 1.16 bits per heavy atom. The summed E-state index contributed by atoms with van der Waals surface area (Å²) < 4.78 is 0. The molecule has 0 bridgehead atoms. The molecule has 0 spiro atoms. The van der Waals surface area contributed by atoms with Crippen LogP contribution in [0.1, 0.15) is 28.9 Å². The van der Waals surface area contributed by atoms with Gasteiger partial charge < -0.3 is 10.4 Å². The minimum absolute atomic E-state index is 0.254. The van der Waals surface area contributed by atoms with E-state index in [1.807, 2.05) is 0 Å². The van der Waals surface area contributed by atoms with Crippen LogP contribution in [0.25, 0.3) is 0 Å². The molecule has 0 radical (unpaired) electrons. The van der Waals surface area contributed by atoms with E-state index in [2.05, 4.69) is 5.32 Å². The fraction of sp³-hybridized carbons (Fsp3) is 0.133. The van der Waals surface area contributed by atoms with E-state index >= 15 is 0 Å². The molecule has 0 saturated heterocycles. The summed E-state index contributed by atoms with van der Waals surface area (Å²) in [6, 6.07) is 13.9. The van der Waals surface area contributed by atoms with Gasteiger partial charge in [-0.25, -0.2) is 0 Å². The lowest BCUT2D eigenvalue weighted by Gasteiger charge is -2.08. The van der Waals surface area contributed by atoms with E-state index in [0.29, 0.717) is 16.3 Å². The van der Waals surface area contributed by atoms with Crippen LogP contribution < -0.4 is 5.32 Å². The minimum atomic E-state index is -0.520. The van der Waals surface area contributed by atoms with Crippen LogP contribution in [0.2, 0.25) is 5.02 Å². The Labute approximate surface area is 116 Å². The zero-order valence-electron chi connectivity index (χ0n) is 10.4. The number of benzene rings is 2. The Morgan fingerprint density at radius 3 is 2.37 bits per heavy atom. The number of hydrogen-bond acceptors (Lipinski definition) is 2. The third kappa shape index (κ3) is 3.34. The van der Waals surface area contributed by atoms with Crippen molar-refractivity contribution in [3.8, 4) is 0 Å². The van der Waals surface area contributed by atoms with Crippen molar-refractivity contribution in [1.29, 1.82) is 0 Å². The molecule has 2 aromatic carbocycles. The third-order valence-corrected chi connectivity index (χ3v) is 3.10. The van der Waals surface area contributed by atoms with Gasteiger partial charge in [-0.1, -0.05) is 35.9 Å². The fourth-order valence-corrected chi connectivity index (χ4v) is 1.91. The number of aliphatic hydroxyl groups is 1. The molecule has 19 heavy (non-hydrogen) atoms. The predicted octanol–water partition coefficient (Wildman–Crippen LogP) is 3.65. The van der Waals surface area contributed by atoms with E-state index in [0.717, 1.165) is 5.56 Å². The lowest BCUT2D eigenvalue weighted by atomic mass is 10.1. The number of hydrogen-bond donors (Lipinski definition) is 2. The molecule has 0 aliphatic carbocycles. The number of halogens is 1. The van der Waals surface area contributed by atoms with Crippen LogP contribution in [-0.2, 0) is 0 Å². The molecule has 0 aromatic heterocycles. The molecule has 0 aliphatic rings. The first-order chi connectivity index (χ1) is 9.08. The third-order valence-electron chi connectivity index (χ3n) is 2.77. The number of anilines is 1. The maximum absolute atomic E-state index is 12.0. The molecule has 0 heterocycles. The molecule has 0 aliphatic heterocycles. The molecule has 0 unspecified atom stereocenters. The zero-order chi connectivity index (χ0) is 13.8. The topological polar surface area (TPSA) is 49.3 Å². The first-order valence-corrected chi connectivity index (χ1v) is 6.29. The highest BCUT2D eigenvalue weighted by Crippen LogP contribution is 2.19. The van der Waals surface area contributed by atoms with Crippen LogP contribution in [0.4, 0.5) is 5.69 Å². The molecule has 3 nitrogen and oxygen atoms in total. The molecule has 2 rings (SSSR count). The molecular formula is C15H14ClNO2. The van der Waals surface area contributed by atoms with Gasteiger partial charge in [0.2, 0.25) is 0 Å². The van der Waals surface area contributed by atoms with Crippen LogP contribution in [0.5, 0.6) is 0 Å². The van der Waals surface area contributed by atoms with Gasteiger partial charge in [-0.3, -0.25) is 4.79 Å². The SMILES string of the molecule is C[C@H](O)c1ccc(NC(=O)c2ccccc2Cl)cc1. The molecule has 2 N–H and O–H groups in total. The van der Waals surface area contributed by atoms with Crippen LogP contribution in [0.15, 0.2) is 48.5 Å². The van der Waals surface area contributed by atoms with Crippen LogP contribution in [-0.4, -0.2) is 11.0 Å². The van der Waals surface area contributed by atoms with Gasteiger partial charge in [-0.2, -0.15) is 0 Å². The smallest absolute Gasteiger partial charge is 0.257 e. The number of nitrogens with one attached hydrogen (secondary N) is 1. The average molecular weight is 276 g/mol. The summed E-state index contributed by atoms with van der Waals surface area (Å²) in [5, 5.41) is 12.6. The van der Waals surface area contributed by atoms with Gasteiger partial charge in [0.1, 0.15) is 0 Å². The second-order valence-corrected chi connectivity index (χ2v) is 4.64. The fourth-order valence-electron chi connectivity index (χ4n) is 1.69. The normalized spacial score (nSPS) is 11.9. The van der Waals surface area contributed by atoms with E-state index in [-0.39, 0.29) is 5.91 Å². The summed E-state index contributed by atoms with van der Waals surface area (Å²) in [7, 11) is 0. The first kappa shape index (κ1) is 13.6. The molecule has 0 fully saturated rings. The Morgan fingerprint density at radius 2 is 1.79 bits per heavy atom. The Hall–Kier alpha value is -1.84. The van der Waals surface area contributed by atoms with E-state index in [1.54, 1.807) is 55.5 Å². The Bertz CT molecular complexity index is 579. The van der Waals surface area contributed by atoms with Crippen molar-refractivity contribution >= 4 is 23.2 Å². The Kier molecular flexibility index (Phi) is 4.20. The van der Waals surface area contributed by atoms with E-state index in [4.69, 9.17) is 11.6 Å². The molecule has 2 aromatic rings. The number of carbonyl (C=O) groups excluding carboxylic acids is 1. The molecule has 4 heteroatoms. The monoisotopic (exact) mass is 275 g/mol. The first-order valence-electron chi connectivity index (χ1n) is 5.92. The van der Waals surface area contributed by atoms with Gasteiger partial charge in [-0.15, -0.1) is 0 Å². The zero-order valence-corrected chi connectivity index (χ0v) is 11.2. The Balaban J connectivity index is 2.13. The molecule has 1 atom stereocenters. The molecule has 0 saturated carbocycles. The van der Waals surface area contributed by atoms with Crippen molar-refractivity contribution < 1.29 is 9.90 Å². The van der Waals surface area contributed by atoms with Crippen molar-refractivity contribution in [3.05, 3.63) is 64.7 Å². The average Bonchev–Trinajstić information content (AvgIpc) is 2.39. The van der Waals surface area contributed by atoms with Crippen molar-refractivity contribution in [3.63, 3.8) is 0 Å². The van der Waals surface area contributed by atoms with Crippen LogP contribution in [0.3, 0.4) is 0 Å². The van der Waals surface area contributed by atoms with E-state index in [1.165, 1.54) is 0 Å². The minimum Gasteiger partial charge on any atom is -0.389 e. The second kappa shape index (κ2) is 5.87. The summed E-state index contributed by atoms with van der Waals surface area (Å²) in [6.45, 7) is 1.69. The summed E-state index contributed by atoms with van der Waals surface area (Å²) in [6.07, 6.45) is -0.520. The summed E-state index contributed by atoms with van der Waals surface area (Å²) in [5.74, 6) is -0.254. The summed E-state index contributed by atoms with van der Waals surface area (Å²) in [4.78, 5) is 12.0. The largest absolute Gasteiger partial charge is 0.389 e. The van der Waals surface area contributed by atoms with Crippen LogP contribution in [0, 0.1) is 0 Å². The van der Waals surface area contributed by atoms with E-state index in [9.17, 15) is 9.90 Å². The molecular weight excluding hydrogens is 262 g/mol. The van der Waals surface area contributed by atoms with Crippen molar-refractivity contribution in [2.75, 3.05) is 5.32 Å². The second-order valence-electron chi connectivity index (χ2n) is 4.23. The quantitative estimate of drug-likeness (QED) is 0.898. The molecule has 98 valence electrons. The van der Waals surface area contributed by atoms with Gasteiger partial charge in [0, 0.05) is 5.69 Å². The molecule has 1 amide bonds. The van der Waals surface area contributed by atoms with Crippen molar-refractivity contribution in [1.82, 2.24) is 0 Å². The number of rotatable bonds is 3. The van der Waals surface area contributed by atoms with Gasteiger partial charge in [0.25, 0.3) is 5.91 Å². The highest BCUT2D eigenvalue weighted by atomic mass is 35.5. The predicted molar refractivity (Wildman–Crippen MR) is 76.5 cm³/mol. The summed E-state index contributed by atoms with van der Waals surface area (Å²) in [5.41, 5.74) is 1.90. The highest BCUT2D eigenvalue weighted by Gasteiger charge is 2.09.